The van der Waals surface area contributed by atoms with Crippen LogP contribution in [0.4, 0.5) is 0 Å². The lowest BCUT2D eigenvalue weighted by molar-refractivity contribution is 0.192. The summed E-state index contributed by atoms with van der Waals surface area (Å²) in [6, 6.07) is 15.5. The molecule has 4 heteroatoms. The summed E-state index contributed by atoms with van der Waals surface area (Å²) in [5, 5.41) is 3.71. The van der Waals surface area contributed by atoms with E-state index in [4.69, 9.17) is 9.47 Å². The van der Waals surface area contributed by atoms with Crippen molar-refractivity contribution in [3.8, 4) is 11.5 Å². The molecule has 1 fully saturated rings. The highest BCUT2D eigenvalue weighted by Crippen LogP contribution is 2.31. The van der Waals surface area contributed by atoms with Crippen molar-refractivity contribution in [2.75, 3.05) is 26.7 Å². The summed E-state index contributed by atoms with van der Waals surface area (Å²) in [6.07, 6.45) is 0.134. The topological polar surface area (TPSA) is 33.7 Å². The van der Waals surface area contributed by atoms with E-state index in [2.05, 4.69) is 60.5 Å². The Morgan fingerprint density at radius 2 is 1.86 bits per heavy atom. The van der Waals surface area contributed by atoms with Crippen LogP contribution in [0.3, 0.4) is 0 Å². The zero-order valence-corrected chi connectivity index (χ0v) is 17.9. The molecular formula is C24H34N2O2. The molecule has 0 spiro atoms. The maximum Gasteiger partial charge on any atom is 0.161 e. The number of hydrogen-bond acceptors (Lipinski definition) is 4. The van der Waals surface area contributed by atoms with Gasteiger partial charge in [-0.15, -0.1) is 0 Å². The summed E-state index contributed by atoms with van der Waals surface area (Å²) in [7, 11) is 1.70. The van der Waals surface area contributed by atoms with E-state index >= 15 is 0 Å². The molecule has 1 heterocycles. The number of rotatable bonds is 7. The molecule has 1 aliphatic heterocycles. The van der Waals surface area contributed by atoms with Gasteiger partial charge in [0.25, 0.3) is 0 Å². The normalized spacial score (nSPS) is 17.9. The summed E-state index contributed by atoms with van der Waals surface area (Å²) in [5.41, 5.74) is 4.13. The maximum atomic E-state index is 5.84. The van der Waals surface area contributed by atoms with Crippen LogP contribution in [0.1, 0.15) is 56.3 Å². The van der Waals surface area contributed by atoms with Gasteiger partial charge in [0.1, 0.15) is 0 Å². The fourth-order valence-electron chi connectivity index (χ4n) is 3.94. The van der Waals surface area contributed by atoms with Crippen molar-refractivity contribution in [2.45, 2.75) is 52.3 Å². The van der Waals surface area contributed by atoms with E-state index in [1.807, 2.05) is 19.9 Å². The van der Waals surface area contributed by atoms with Crippen LogP contribution in [0.2, 0.25) is 0 Å². The van der Waals surface area contributed by atoms with E-state index in [1.165, 1.54) is 16.7 Å². The van der Waals surface area contributed by atoms with Gasteiger partial charge in [0.2, 0.25) is 0 Å². The highest BCUT2D eigenvalue weighted by molar-refractivity contribution is 5.43. The van der Waals surface area contributed by atoms with Gasteiger partial charge in [-0.05, 0) is 48.6 Å². The third-order valence-electron chi connectivity index (χ3n) is 5.25. The minimum absolute atomic E-state index is 0.134. The van der Waals surface area contributed by atoms with E-state index in [1.54, 1.807) is 7.11 Å². The van der Waals surface area contributed by atoms with Crippen molar-refractivity contribution in [1.82, 2.24) is 10.2 Å². The van der Waals surface area contributed by atoms with E-state index < -0.39 is 0 Å². The Labute approximate surface area is 169 Å². The van der Waals surface area contributed by atoms with Crippen molar-refractivity contribution in [2.24, 2.45) is 0 Å². The number of methoxy groups -OCH3 is 1. The number of nitrogens with one attached hydrogen (secondary N) is 1. The fraction of sp³-hybridized carbons (Fsp3) is 0.500. The van der Waals surface area contributed by atoms with Crippen LogP contribution >= 0.6 is 0 Å². The highest BCUT2D eigenvalue weighted by atomic mass is 16.5. The lowest BCUT2D eigenvalue weighted by Crippen LogP contribution is -2.45. The number of nitrogens with zero attached hydrogens (tertiary/aromatic N) is 1. The first kappa shape index (κ1) is 20.7. The quantitative estimate of drug-likeness (QED) is 0.749. The second-order valence-electron chi connectivity index (χ2n) is 8.18. The maximum absolute atomic E-state index is 5.84. The van der Waals surface area contributed by atoms with E-state index in [0.29, 0.717) is 12.0 Å². The molecule has 2 aromatic rings. The zero-order valence-electron chi connectivity index (χ0n) is 17.9. The molecule has 1 atom stereocenters. The standard InChI is InChI=1S/C24H34N2O2/c1-17(2)20-8-6-7-9-21(20)22-16-26(13-12-25-22)15-19-10-11-23(28-18(3)4)24(14-19)27-5/h6-11,14,17-18,22,25H,12-13,15-16H2,1-5H3/t22-/m0/s1. The van der Waals surface area contributed by atoms with Gasteiger partial charge in [-0.3, -0.25) is 4.90 Å². The number of benzene rings is 2. The minimum Gasteiger partial charge on any atom is -0.493 e. The molecule has 0 aromatic heterocycles. The van der Waals surface area contributed by atoms with Crippen molar-refractivity contribution in [3.05, 3.63) is 59.2 Å². The predicted molar refractivity (Wildman–Crippen MR) is 115 cm³/mol. The Kier molecular flexibility index (Phi) is 6.97. The first-order valence-electron chi connectivity index (χ1n) is 10.4. The van der Waals surface area contributed by atoms with Gasteiger partial charge in [0.15, 0.2) is 11.5 Å². The Morgan fingerprint density at radius 1 is 1.07 bits per heavy atom. The molecule has 1 aliphatic rings. The van der Waals surface area contributed by atoms with Crippen LogP contribution in [-0.2, 0) is 6.54 Å². The van der Waals surface area contributed by atoms with E-state index in [-0.39, 0.29) is 6.10 Å². The molecule has 1 N–H and O–H groups in total. The molecule has 0 saturated carbocycles. The Hall–Kier alpha value is -2.04. The van der Waals surface area contributed by atoms with Crippen LogP contribution in [-0.4, -0.2) is 37.7 Å². The molecule has 28 heavy (non-hydrogen) atoms. The average molecular weight is 383 g/mol. The summed E-state index contributed by atoms with van der Waals surface area (Å²) >= 11 is 0. The average Bonchev–Trinajstić information content (AvgIpc) is 2.69. The van der Waals surface area contributed by atoms with Crippen LogP contribution in [0.25, 0.3) is 0 Å². The van der Waals surface area contributed by atoms with Crippen LogP contribution in [0.15, 0.2) is 42.5 Å². The summed E-state index contributed by atoms with van der Waals surface area (Å²) in [4.78, 5) is 2.52. The Bertz CT molecular complexity index is 773. The van der Waals surface area contributed by atoms with Gasteiger partial charge >= 0.3 is 0 Å². The monoisotopic (exact) mass is 382 g/mol. The van der Waals surface area contributed by atoms with Gasteiger partial charge in [-0.2, -0.15) is 0 Å². The highest BCUT2D eigenvalue weighted by Gasteiger charge is 2.23. The third kappa shape index (κ3) is 5.06. The molecular weight excluding hydrogens is 348 g/mol. The SMILES string of the molecule is COc1cc(CN2CCN[C@H](c3ccccc3C(C)C)C2)ccc1OC(C)C. The molecule has 0 radical (unpaired) electrons. The molecule has 152 valence electrons. The van der Waals surface area contributed by atoms with Crippen molar-refractivity contribution >= 4 is 0 Å². The minimum atomic E-state index is 0.134. The van der Waals surface area contributed by atoms with Crippen LogP contribution in [0, 0.1) is 0 Å². The van der Waals surface area contributed by atoms with Gasteiger partial charge in [-0.25, -0.2) is 0 Å². The van der Waals surface area contributed by atoms with Crippen molar-refractivity contribution < 1.29 is 9.47 Å². The first-order chi connectivity index (χ1) is 13.5. The smallest absolute Gasteiger partial charge is 0.161 e. The molecule has 4 nitrogen and oxygen atoms in total. The van der Waals surface area contributed by atoms with E-state index in [0.717, 1.165) is 37.7 Å². The van der Waals surface area contributed by atoms with Gasteiger partial charge in [0.05, 0.1) is 13.2 Å². The lowest BCUT2D eigenvalue weighted by atomic mass is 9.92. The Morgan fingerprint density at radius 3 is 2.57 bits per heavy atom. The van der Waals surface area contributed by atoms with Crippen LogP contribution in [0.5, 0.6) is 11.5 Å². The molecule has 1 saturated heterocycles. The van der Waals surface area contributed by atoms with Crippen molar-refractivity contribution in [1.29, 1.82) is 0 Å². The zero-order chi connectivity index (χ0) is 20.1. The second-order valence-corrected chi connectivity index (χ2v) is 8.18. The summed E-state index contributed by atoms with van der Waals surface area (Å²) in [6.45, 7) is 12.6. The fourth-order valence-corrected chi connectivity index (χ4v) is 3.94. The summed E-state index contributed by atoms with van der Waals surface area (Å²) in [5.74, 6) is 2.15. The largest absolute Gasteiger partial charge is 0.493 e. The van der Waals surface area contributed by atoms with Crippen molar-refractivity contribution in [3.63, 3.8) is 0 Å². The molecule has 0 unspecified atom stereocenters. The molecule has 2 aromatic carbocycles. The molecule has 0 amide bonds. The van der Waals surface area contributed by atoms with Gasteiger partial charge < -0.3 is 14.8 Å². The summed E-state index contributed by atoms with van der Waals surface area (Å²) < 4.78 is 11.4. The van der Waals surface area contributed by atoms with Crippen LogP contribution < -0.4 is 14.8 Å². The first-order valence-corrected chi connectivity index (χ1v) is 10.4. The van der Waals surface area contributed by atoms with Gasteiger partial charge in [0, 0.05) is 32.2 Å². The number of hydrogen-bond donors (Lipinski definition) is 1. The molecule has 0 bridgehead atoms. The van der Waals surface area contributed by atoms with Gasteiger partial charge in [-0.1, -0.05) is 44.2 Å². The number of piperazine rings is 1. The number of ether oxygens (including phenoxy) is 2. The lowest BCUT2D eigenvalue weighted by Gasteiger charge is -2.35. The third-order valence-corrected chi connectivity index (χ3v) is 5.25. The molecule has 3 rings (SSSR count). The molecule has 0 aliphatic carbocycles. The predicted octanol–water partition coefficient (Wildman–Crippen LogP) is 4.75. The second kappa shape index (κ2) is 9.44. The Balaban J connectivity index is 1.72. The van der Waals surface area contributed by atoms with E-state index in [9.17, 15) is 0 Å².